The van der Waals surface area contributed by atoms with Crippen LogP contribution in [0.5, 0.6) is 0 Å². The van der Waals surface area contributed by atoms with Crippen LogP contribution in [0.4, 0.5) is 0 Å². The molecular formula is C12H14N2. The Balaban J connectivity index is 2.33. The molecule has 2 nitrogen and oxygen atoms in total. The Bertz CT molecular complexity index is 376. The number of benzene rings is 1. The lowest BCUT2D eigenvalue weighted by atomic mass is 10.0. The van der Waals surface area contributed by atoms with Gasteiger partial charge in [-0.1, -0.05) is 18.2 Å². The first kappa shape index (κ1) is 9.23. The number of fused-ring (bicyclic) bond motifs is 1. The second kappa shape index (κ2) is 3.81. The maximum atomic E-state index is 8.92. The summed E-state index contributed by atoms with van der Waals surface area (Å²) in [7, 11) is 1.82. The van der Waals surface area contributed by atoms with Crippen LogP contribution in [-0.2, 0) is 12.8 Å². The first-order valence-electron chi connectivity index (χ1n) is 5.03. The van der Waals surface area contributed by atoms with Crippen LogP contribution in [0, 0.1) is 11.3 Å². The number of aryl methyl sites for hydroxylation is 2. The van der Waals surface area contributed by atoms with E-state index in [9.17, 15) is 0 Å². The van der Waals surface area contributed by atoms with E-state index >= 15 is 0 Å². The van der Waals surface area contributed by atoms with Gasteiger partial charge in [-0.3, -0.25) is 0 Å². The van der Waals surface area contributed by atoms with Crippen molar-refractivity contribution in [1.29, 1.82) is 5.26 Å². The molecule has 14 heavy (non-hydrogen) atoms. The molecule has 1 unspecified atom stereocenters. The Morgan fingerprint density at radius 3 is 2.86 bits per heavy atom. The Kier molecular flexibility index (Phi) is 2.51. The van der Waals surface area contributed by atoms with Gasteiger partial charge in [0.2, 0.25) is 0 Å². The minimum atomic E-state index is -0.166. The van der Waals surface area contributed by atoms with Gasteiger partial charge in [0.15, 0.2) is 0 Å². The zero-order valence-corrected chi connectivity index (χ0v) is 8.38. The maximum absolute atomic E-state index is 8.92. The number of nitrogens with one attached hydrogen (secondary N) is 1. The van der Waals surface area contributed by atoms with Gasteiger partial charge in [-0.05, 0) is 43.0 Å². The number of nitrogens with zero attached hydrogens (tertiary/aromatic N) is 1. The van der Waals surface area contributed by atoms with E-state index in [1.165, 1.54) is 30.4 Å². The highest BCUT2D eigenvalue weighted by Gasteiger charge is 2.14. The molecule has 0 saturated carbocycles. The summed E-state index contributed by atoms with van der Waals surface area (Å²) >= 11 is 0. The van der Waals surface area contributed by atoms with Crippen molar-refractivity contribution >= 4 is 0 Å². The molecule has 1 aromatic rings. The molecule has 2 rings (SSSR count). The average Bonchev–Trinajstić information content (AvgIpc) is 2.66. The van der Waals surface area contributed by atoms with Crippen LogP contribution in [0.1, 0.15) is 29.2 Å². The number of hydrogen-bond donors (Lipinski definition) is 1. The second-order valence-electron chi connectivity index (χ2n) is 3.73. The van der Waals surface area contributed by atoms with Crippen molar-refractivity contribution in [1.82, 2.24) is 5.32 Å². The Labute approximate surface area is 84.6 Å². The second-order valence-corrected chi connectivity index (χ2v) is 3.73. The number of rotatable bonds is 2. The third kappa shape index (κ3) is 1.51. The fraction of sp³-hybridized carbons (Fsp3) is 0.417. The summed E-state index contributed by atoms with van der Waals surface area (Å²) in [5.74, 6) is 0. The van der Waals surface area contributed by atoms with Gasteiger partial charge < -0.3 is 5.32 Å². The van der Waals surface area contributed by atoms with Gasteiger partial charge in [-0.2, -0.15) is 5.26 Å². The van der Waals surface area contributed by atoms with E-state index in [1.54, 1.807) is 0 Å². The molecule has 0 fully saturated rings. The molecule has 0 spiro atoms. The fourth-order valence-electron chi connectivity index (χ4n) is 2.08. The summed E-state index contributed by atoms with van der Waals surface area (Å²) < 4.78 is 0. The van der Waals surface area contributed by atoms with Gasteiger partial charge in [0.05, 0.1) is 6.07 Å². The highest BCUT2D eigenvalue weighted by atomic mass is 14.9. The zero-order valence-electron chi connectivity index (χ0n) is 8.38. The van der Waals surface area contributed by atoms with E-state index < -0.39 is 0 Å². The van der Waals surface area contributed by atoms with Crippen molar-refractivity contribution in [3.63, 3.8) is 0 Å². The summed E-state index contributed by atoms with van der Waals surface area (Å²) in [5, 5.41) is 11.9. The van der Waals surface area contributed by atoms with Crippen LogP contribution in [-0.4, -0.2) is 7.05 Å². The topological polar surface area (TPSA) is 35.8 Å². The van der Waals surface area contributed by atoms with Gasteiger partial charge >= 0.3 is 0 Å². The third-order valence-corrected chi connectivity index (χ3v) is 2.87. The van der Waals surface area contributed by atoms with Gasteiger partial charge in [-0.15, -0.1) is 0 Å². The molecule has 1 aliphatic carbocycles. The highest BCUT2D eigenvalue weighted by Crippen LogP contribution is 2.25. The maximum Gasteiger partial charge on any atom is 0.121 e. The molecule has 1 N–H and O–H groups in total. The smallest absolute Gasteiger partial charge is 0.121 e. The standard InChI is InChI=1S/C12H14N2/c1-14-12(8-13)11-6-5-9-3-2-4-10(9)7-11/h5-7,12,14H,2-4H2,1H3. The van der Waals surface area contributed by atoms with E-state index in [1.807, 2.05) is 7.05 Å². The third-order valence-electron chi connectivity index (χ3n) is 2.87. The molecule has 0 aromatic heterocycles. The SMILES string of the molecule is CNC(C#N)c1ccc2c(c1)CCC2. The molecule has 0 amide bonds. The largest absolute Gasteiger partial charge is 0.301 e. The lowest BCUT2D eigenvalue weighted by molar-refractivity contribution is 0.726. The van der Waals surface area contributed by atoms with Gasteiger partial charge in [0.25, 0.3) is 0 Å². The lowest BCUT2D eigenvalue weighted by Crippen LogP contribution is -2.14. The van der Waals surface area contributed by atoms with Crippen molar-refractivity contribution in [3.8, 4) is 6.07 Å². The quantitative estimate of drug-likeness (QED) is 0.766. The normalized spacial score (nSPS) is 16.0. The molecule has 0 heterocycles. The fourth-order valence-corrected chi connectivity index (χ4v) is 2.08. The van der Waals surface area contributed by atoms with E-state index in [0.29, 0.717) is 0 Å². The number of hydrogen-bond acceptors (Lipinski definition) is 2. The molecule has 1 aliphatic rings. The van der Waals surface area contributed by atoms with Crippen molar-refractivity contribution < 1.29 is 0 Å². The van der Waals surface area contributed by atoms with Gasteiger partial charge in [0.1, 0.15) is 6.04 Å². The summed E-state index contributed by atoms with van der Waals surface area (Å²) in [6, 6.07) is 8.49. The minimum Gasteiger partial charge on any atom is -0.301 e. The molecular weight excluding hydrogens is 172 g/mol. The van der Waals surface area contributed by atoms with E-state index in [4.69, 9.17) is 5.26 Å². The van der Waals surface area contributed by atoms with Gasteiger partial charge in [0, 0.05) is 0 Å². The summed E-state index contributed by atoms with van der Waals surface area (Å²) in [4.78, 5) is 0. The predicted octanol–water partition coefficient (Wildman–Crippen LogP) is 1.96. The van der Waals surface area contributed by atoms with Crippen LogP contribution in [0.25, 0.3) is 0 Å². The van der Waals surface area contributed by atoms with Crippen molar-refractivity contribution in [2.45, 2.75) is 25.3 Å². The van der Waals surface area contributed by atoms with Crippen molar-refractivity contribution in [3.05, 3.63) is 34.9 Å². The van der Waals surface area contributed by atoms with E-state index in [2.05, 4.69) is 29.6 Å². The zero-order chi connectivity index (χ0) is 9.97. The first-order valence-corrected chi connectivity index (χ1v) is 5.03. The van der Waals surface area contributed by atoms with Crippen LogP contribution in [0.3, 0.4) is 0 Å². The van der Waals surface area contributed by atoms with Gasteiger partial charge in [-0.25, -0.2) is 0 Å². The van der Waals surface area contributed by atoms with Crippen LogP contribution in [0.15, 0.2) is 18.2 Å². The predicted molar refractivity (Wildman–Crippen MR) is 55.9 cm³/mol. The first-order chi connectivity index (χ1) is 6.85. The monoisotopic (exact) mass is 186 g/mol. The average molecular weight is 186 g/mol. The molecule has 0 saturated heterocycles. The van der Waals surface area contributed by atoms with Crippen molar-refractivity contribution in [2.75, 3.05) is 7.05 Å². The van der Waals surface area contributed by atoms with E-state index in [0.717, 1.165) is 5.56 Å². The molecule has 0 bridgehead atoms. The summed E-state index contributed by atoms with van der Waals surface area (Å²) in [6.07, 6.45) is 3.63. The van der Waals surface area contributed by atoms with Crippen LogP contribution in [0.2, 0.25) is 0 Å². The molecule has 2 heteroatoms. The van der Waals surface area contributed by atoms with Crippen LogP contribution < -0.4 is 5.32 Å². The van der Waals surface area contributed by atoms with Crippen molar-refractivity contribution in [2.24, 2.45) is 0 Å². The van der Waals surface area contributed by atoms with Crippen LogP contribution >= 0.6 is 0 Å². The Morgan fingerprint density at radius 1 is 1.36 bits per heavy atom. The summed E-state index contributed by atoms with van der Waals surface area (Å²) in [6.45, 7) is 0. The molecule has 1 atom stereocenters. The molecule has 72 valence electrons. The molecule has 0 radical (unpaired) electrons. The van der Waals surface area contributed by atoms with E-state index in [-0.39, 0.29) is 6.04 Å². The Hall–Kier alpha value is -1.33. The Morgan fingerprint density at radius 2 is 2.14 bits per heavy atom. The lowest BCUT2D eigenvalue weighted by Gasteiger charge is -2.09. The number of nitriles is 1. The highest BCUT2D eigenvalue weighted by molar-refractivity contribution is 5.37. The minimum absolute atomic E-state index is 0.166. The molecule has 0 aliphatic heterocycles. The molecule has 1 aromatic carbocycles. The summed E-state index contributed by atoms with van der Waals surface area (Å²) in [5.41, 5.74) is 3.98.